The minimum atomic E-state index is -4.61. The standard InChI is InChI=1S/C23H24F3N3O5/c1-3-5-16-18(11-10-17-19(16)34-28-20(17)23(24,25)26)33-13-4-12-29(2)22(32)27-15-8-6-14(7-9-15)21(30)31/h6-11H,3-5,12-13H2,1-2H3,(H,27,32)(H,30,31). The fraction of sp³-hybridized carbons (Fsp3) is 0.348. The molecule has 8 nitrogen and oxygen atoms in total. The summed E-state index contributed by atoms with van der Waals surface area (Å²) in [4.78, 5) is 24.6. The van der Waals surface area contributed by atoms with Gasteiger partial charge in [0.25, 0.3) is 0 Å². The molecule has 0 bridgehead atoms. The minimum Gasteiger partial charge on any atom is -0.493 e. The second-order valence-corrected chi connectivity index (χ2v) is 7.63. The number of fused-ring (bicyclic) bond motifs is 1. The maximum atomic E-state index is 13.1. The molecule has 0 saturated carbocycles. The van der Waals surface area contributed by atoms with Crippen molar-refractivity contribution < 1.29 is 37.1 Å². The van der Waals surface area contributed by atoms with E-state index in [2.05, 4.69) is 10.5 Å². The second-order valence-electron chi connectivity index (χ2n) is 7.63. The van der Waals surface area contributed by atoms with Crippen LogP contribution in [-0.4, -0.2) is 47.4 Å². The number of rotatable bonds is 9. The first-order chi connectivity index (χ1) is 16.1. The number of aromatic carboxylic acids is 1. The zero-order valence-electron chi connectivity index (χ0n) is 18.6. The molecule has 0 saturated heterocycles. The zero-order chi connectivity index (χ0) is 24.9. The number of carboxylic acids is 1. The Balaban J connectivity index is 1.57. The van der Waals surface area contributed by atoms with E-state index in [1.807, 2.05) is 6.92 Å². The fourth-order valence-corrected chi connectivity index (χ4v) is 3.37. The van der Waals surface area contributed by atoms with Crippen LogP contribution in [-0.2, 0) is 12.6 Å². The van der Waals surface area contributed by atoms with Gasteiger partial charge in [0, 0.05) is 24.8 Å². The third-order valence-corrected chi connectivity index (χ3v) is 5.09. The summed E-state index contributed by atoms with van der Waals surface area (Å²) < 4.78 is 50.2. The summed E-state index contributed by atoms with van der Waals surface area (Å²) in [6.07, 6.45) is -3.01. The Morgan fingerprint density at radius 1 is 1.18 bits per heavy atom. The number of alkyl halides is 3. The van der Waals surface area contributed by atoms with Crippen LogP contribution in [0.3, 0.4) is 0 Å². The van der Waals surface area contributed by atoms with Crippen LogP contribution in [0.15, 0.2) is 40.9 Å². The predicted octanol–water partition coefficient (Wildman–Crippen LogP) is 5.43. The van der Waals surface area contributed by atoms with Crippen LogP contribution in [0.4, 0.5) is 23.7 Å². The number of aryl methyl sites for hydroxylation is 1. The number of nitrogens with zero attached hydrogens (tertiary/aromatic N) is 2. The normalized spacial score (nSPS) is 11.4. The monoisotopic (exact) mass is 479 g/mol. The molecule has 1 heterocycles. The molecular formula is C23H24F3N3O5. The highest BCUT2D eigenvalue weighted by Gasteiger charge is 2.37. The molecule has 2 amide bonds. The van der Waals surface area contributed by atoms with Crippen LogP contribution < -0.4 is 10.1 Å². The van der Waals surface area contributed by atoms with Crippen LogP contribution in [0.2, 0.25) is 0 Å². The SMILES string of the molecule is CCCc1c(OCCCN(C)C(=O)Nc2ccc(C(=O)O)cc2)ccc2c(C(F)(F)F)noc12. The number of benzene rings is 2. The van der Waals surface area contributed by atoms with Gasteiger partial charge < -0.3 is 24.6 Å². The smallest absolute Gasteiger partial charge is 0.437 e. The van der Waals surface area contributed by atoms with E-state index in [0.717, 1.165) is 0 Å². The van der Waals surface area contributed by atoms with E-state index >= 15 is 0 Å². The first kappa shape index (κ1) is 24.9. The molecule has 2 aromatic carbocycles. The molecule has 2 N–H and O–H groups in total. The first-order valence-corrected chi connectivity index (χ1v) is 10.6. The van der Waals surface area contributed by atoms with Crippen molar-refractivity contribution in [1.29, 1.82) is 0 Å². The molecule has 11 heteroatoms. The lowest BCUT2D eigenvalue weighted by Crippen LogP contribution is -2.32. The van der Waals surface area contributed by atoms with Crippen LogP contribution in [0.1, 0.15) is 41.4 Å². The van der Waals surface area contributed by atoms with Crippen molar-refractivity contribution in [3.8, 4) is 5.75 Å². The van der Waals surface area contributed by atoms with Crippen molar-refractivity contribution in [2.75, 3.05) is 25.5 Å². The molecule has 0 unspecified atom stereocenters. The maximum Gasteiger partial charge on any atom is 0.437 e. The summed E-state index contributed by atoms with van der Waals surface area (Å²) in [6, 6.07) is 8.17. The van der Waals surface area contributed by atoms with Crippen molar-refractivity contribution in [2.24, 2.45) is 0 Å². The lowest BCUT2D eigenvalue weighted by molar-refractivity contribution is -0.141. The topological polar surface area (TPSA) is 105 Å². The molecule has 0 atom stereocenters. The Bertz CT molecular complexity index is 1160. The number of ether oxygens (including phenoxy) is 1. The molecule has 0 spiro atoms. The van der Waals surface area contributed by atoms with Crippen LogP contribution in [0.5, 0.6) is 5.75 Å². The van der Waals surface area contributed by atoms with Crippen LogP contribution in [0.25, 0.3) is 11.0 Å². The molecule has 34 heavy (non-hydrogen) atoms. The molecule has 3 rings (SSSR count). The summed E-state index contributed by atoms with van der Waals surface area (Å²) >= 11 is 0. The lowest BCUT2D eigenvalue weighted by Gasteiger charge is -2.18. The van der Waals surface area contributed by atoms with Crippen LogP contribution >= 0.6 is 0 Å². The number of halogens is 3. The van der Waals surface area contributed by atoms with Gasteiger partial charge in [0.2, 0.25) is 0 Å². The van der Waals surface area contributed by atoms with E-state index in [1.54, 1.807) is 7.05 Å². The Morgan fingerprint density at radius 3 is 2.50 bits per heavy atom. The number of aromatic nitrogens is 1. The Hall–Kier alpha value is -3.76. The van der Waals surface area contributed by atoms with E-state index in [9.17, 15) is 22.8 Å². The molecule has 0 aliphatic heterocycles. The largest absolute Gasteiger partial charge is 0.493 e. The zero-order valence-corrected chi connectivity index (χ0v) is 18.6. The number of carboxylic acid groups (broad SMARTS) is 1. The first-order valence-electron chi connectivity index (χ1n) is 10.6. The van der Waals surface area contributed by atoms with Gasteiger partial charge in [0.1, 0.15) is 5.75 Å². The van der Waals surface area contributed by atoms with Crippen LogP contribution in [0, 0.1) is 0 Å². The number of hydrogen-bond acceptors (Lipinski definition) is 5. The third-order valence-electron chi connectivity index (χ3n) is 5.09. The molecule has 182 valence electrons. The Labute approximate surface area is 193 Å². The predicted molar refractivity (Wildman–Crippen MR) is 118 cm³/mol. The van der Waals surface area contributed by atoms with E-state index in [0.29, 0.717) is 42.8 Å². The van der Waals surface area contributed by atoms with Gasteiger partial charge in [-0.3, -0.25) is 0 Å². The van der Waals surface area contributed by atoms with Crippen molar-refractivity contribution in [1.82, 2.24) is 10.1 Å². The van der Waals surface area contributed by atoms with E-state index in [4.69, 9.17) is 14.4 Å². The average molecular weight is 479 g/mol. The minimum absolute atomic E-state index is 0.0667. The molecule has 0 aliphatic rings. The van der Waals surface area contributed by atoms with Crippen molar-refractivity contribution >= 4 is 28.7 Å². The van der Waals surface area contributed by atoms with Gasteiger partial charge in [0.15, 0.2) is 11.3 Å². The maximum absolute atomic E-state index is 13.1. The van der Waals surface area contributed by atoms with Gasteiger partial charge in [-0.25, -0.2) is 9.59 Å². The number of urea groups is 1. The number of nitrogens with one attached hydrogen (secondary N) is 1. The molecule has 3 aromatic rings. The highest BCUT2D eigenvalue weighted by atomic mass is 19.4. The molecule has 1 aromatic heterocycles. The molecule has 0 aliphatic carbocycles. The summed E-state index contributed by atoms with van der Waals surface area (Å²) in [5.41, 5.74) is 0.109. The lowest BCUT2D eigenvalue weighted by atomic mass is 10.0. The number of hydrogen-bond donors (Lipinski definition) is 2. The quantitative estimate of drug-likeness (QED) is 0.397. The number of carbonyl (C=O) groups is 2. The van der Waals surface area contributed by atoms with Crippen molar-refractivity contribution in [3.63, 3.8) is 0 Å². The van der Waals surface area contributed by atoms with E-state index in [1.165, 1.54) is 41.3 Å². The van der Waals surface area contributed by atoms with Gasteiger partial charge in [0.05, 0.1) is 17.6 Å². The summed E-state index contributed by atoms with van der Waals surface area (Å²) in [7, 11) is 1.60. The van der Waals surface area contributed by atoms with Gasteiger partial charge in [-0.1, -0.05) is 18.5 Å². The number of anilines is 1. The van der Waals surface area contributed by atoms with Gasteiger partial charge in [-0.15, -0.1) is 0 Å². The summed E-state index contributed by atoms with van der Waals surface area (Å²) in [5.74, 6) is -0.634. The summed E-state index contributed by atoms with van der Waals surface area (Å²) in [6.45, 7) is 2.48. The Morgan fingerprint density at radius 2 is 1.88 bits per heavy atom. The number of amides is 2. The van der Waals surface area contributed by atoms with E-state index in [-0.39, 0.29) is 29.2 Å². The Kier molecular flexibility index (Phi) is 7.64. The fourth-order valence-electron chi connectivity index (χ4n) is 3.37. The number of carbonyl (C=O) groups excluding carboxylic acids is 1. The van der Waals surface area contributed by atoms with Gasteiger partial charge in [-0.05, 0) is 49.2 Å². The van der Waals surface area contributed by atoms with Gasteiger partial charge >= 0.3 is 18.2 Å². The molecular weight excluding hydrogens is 455 g/mol. The van der Waals surface area contributed by atoms with Gasteiger partial charge in [-0.2, -0.15) is 13.2 Å². The molecule has 0 radical (unpaired) electrons. The third kappa shape index (κ3) is 5.77. The molecule has 0 fully saturated rings. The average Bonchev–Trinajstić information content (AvgIpc) is 3.23. The van der Waals surface area contributed by atoms with E-state index < -0.39 is 17.8 Å². The van der Waals surface area contributed by atoms with Crippen molar-refractivity contribution in [3.05, 3.63) is 53.2 Å². The summed E-state index contributed by atoms with van der Waals surface area (Å²) in [5, 5.41) is 14.7. The van der Waals surface area contributed by atoms with Crippen molar-refractivity contribution in [2.45, 2.75) is 32.4 Å². The second kappa shape index (κ2) is 10.4. The highest BCUT2D eigenvalue weighted by Crippen LogP contribution is 2.38. The highest BCUT2D eigenvalue weighted by molar-refractivity contribution is 5.91.